The van der Waals surface area contributed by atoms with E-state index in [4.69, 9.17) is 5.11 Å². The van der Waals surface area contributed by atoms with Crippen LogP contribution >= 0.6 is 0 Å². The lowest BCUT2D eigenvalue weighted by molar-refractivity contribution is -0.384. The maximum Gasteiger partial charge on any atom is 0.303 e. The van der Waals surface area contributed by atoms with Crippen molar-refractivity contribution >= 4 is 17.4 Å². The van der Waals surface area contributed by atoms with Gasteiger partial charge < -0.3 is 5.11 Å². The zero-order valence-electron chi connectivity index (χ0n) is 12.3. The molecular weight excluding hydrogens is 298 g/mol. The molecule has 2 aromatic rings. The van der Waals surface area contributed by atoms with Gasteiger partial charge in [0.05, 0.1) is 4.92 Å². The molecule has 0 fully saturated rings. The maximum atomic E-state index is 11.9. The number of nitro benzene ring substituents is 1. The molecular formula is C17H15NO5. The van der Waals surface area contributed by atoms with Crippen molar-refractivity contribution in [3.8, 4) is 11.1 Å². The van der Waals surface area contributed by atoms with Gasteiger partial charge in [0.1, 0.15) is 0 Å². The van der Waals surface area contributed by atoms with E-state index in [9.17, 15) is 19.7 Å². The molecule has 2 aromatic carbocycles. The summed E-state index contributed by atoms with van der Waals surface area (Å²) >= 11 is 0. The van der Waals surface area contributed by atoms with Crippen LogP contribution in [-0.2, 0) is 4.79 Å². The number of non-ortho nitro benzene ring substituents is 1. The normalized spacial score (nSPS) is 10.3. The van der Waals surface area contributed by atoms with Gasteiger partial charge in [-0.2, -0.15) is 0 Å². The van der Waals surface area contributed by atoms with Crippen molar-refractivity contribution in [3.05, 3.63) is 64.2 Å². The van der Waals surface area contributed by atoms with Gasteiger partial charge in [-0.15, -0.1) is 0 Å². The average Bonchev–Trinajstić information content (AvgIpc) is 2.54. The monoisotopic (exact) mass is 313 g/mol. The highest BCUT2D eigenvalue weighted by atomic mass is 16.6. The third-order valence-electron chi connectivity index (χ3n) is 3.39. The Bertz CT molecular complexity index is 737. The molecule has 6 heteroatoms. The number of rotatable bonds is 7. The summed E-state index contributed by atoms with van der Waals surface area (Å²) in [5, 5.41) is 19.4. The van der Waals surface area contributed by atoms with Crippen LogP contribution < -0.4 is 0 Å². The van der Waals surface area contributed by atoms with Gasteiger partial charge in [0.2, 0.25) is 0 Å². The Hall–Kier alpha value is -3.02. The number of nitrogens with zero attached hydrogens (tertiary/aromatic N) is 1. The lowest BCUT2D eigenvalue weighted by Gasteiger charge is -2.04. The van der Waals surface area contributed by atoms with Gasteiger partial charge in [0.25, 0.3) is 5.69 Å². The Balaban J connectivity index is 2.10. The van der Waals surface area contributed by atoms with Crippen LogP contribution in [0.2, 0.25) is 0 Å². The third-order valence-corrected chi connectivity index (χ3v) is 3.39. The zero-order chi connectivity index (χ0) is 16.8. The van der Waals surface area contributed by atoms with Crippen molar-refractivity contribution in [3.63, 3.8) is 0 Å². The van der Waals surface area contributed by atoms with Crippen LogP contribution in [0.15, 0.2) is 48.5 Å². The van der Waals surface area contributed by atoms with Gasteiger partial charge in [-0.1, -0.05) is 36.4 Å². The smallest absolute Gasteiger partial charge is 0.303 e. The highest BCUT2D eigenvalue weighted by Gasteiger charge is 2.09. The van der Waals surface area contributed by atoms with E-state index >= 15 is 0 Å². The Morgan fingerprint density at radius 3 is 2.30 bits per heavy atom. The van der Waals surface area contributed by atoms with Gasteiger partial charge in [-0.3, -0.25) is 19.7 Å². The van der Waals surface area contributed by atoms with E-state index in [0.717, 1.165) is 5.56 Å². The molecule has 6 nitrogen and oxygen atoms in total. The van der Waals surface area contributed by atoms with Crippen LogP contribution in [0.1, 0.15) is 29.6 Å². The minimum absolute atomic E-state index is 0.0105. The Morgan fingerprint density at radius 2 is 1.70 bits per heavy atom. The van der Waals surface area contributed by atoms with Gasteiger partial charge >= 0.3 is 5.97 Å². The number of hydrogen-bond acceptors (Lipinski definition) is 4. The first-order valence-corrected chi connectivity index (χ1v) is 7.07. The fourth-order valence-electron chi connectivity index (χ4n) is 2.19. The number of carboxylic acid groups (broad SMARTS) is 1. The molecule has 0 saturated heterocycles. The lowest BCUT2D eigenvalue weighted by Crippen LogP contribution is -2.01. The summed E-state index contributed by atoms with van der Waals surface area (Å²) in [6, 6.07) is 13.0. The molecule has 0 spiro atoms. The van der Waals surface area contributed by atoms with Gasteiger partial charge in [0, 0.05) is 30.5 Å². The molecule has 0 aliphatic carbocycles. The van der Waals surface area contributed by atoms with Crippen molar-refractivity contribution in [1.29, 1.82) is 0 Å². The largest absolute Gasteiger partial charge is 0.481 e. The van der Waals surface area contributed by atoms with Crippen LogP contribution in [0, 0.1) is 10.1 Å². The summed E-state index contributed by atoms with van der Waals surface area (Å²) in [4.78, 5) is 32.7. The van der Waals surface area contributed by atoms with Crippen molar-refractivity contribution < 1.29 is 19.6 Å². The molecule has 0 radical (unpaired) electrons. The summed E-state index contributed by atoms with van der Waals surface area (Å²) in [6.45, 7) is 0. The Labute approximate surface area is 132 Å². The highest BCUT2D eigenvalue weighted by Crippen LogP contribution is 2.24. The minimum Gasteiger partial charge on any atom is -0.481 e. The van der Waals surface area contributed by atoms with Crippen LogP contribution in [0.4, 0.5) is 5.69 Å². The molecule has 1 N–H and O–H groups in total. The topological polar surface area (TPSA) is 97.5 Å². The molecule has 0 bridgehead atoms. The average molecular weight is 313 g/mol. The first-order valence-electron chi connectivity index (χ1n) is 7.07. The van der Waals surface area contributed by atoms with Gasteiger partial charge in [-0.05, 0) is 17.5 Å². The predicted molar refractivity (Wildman–Crippen MR) is 84.3 cm³/mol. The van der Waals surface area contributed by atoms with Gasteiger partial charge in [-0.25, -0.2) is 0 Å². The second-order valence-electron chi connectivity index (χ2n) is 5.06. The summed E-state index contributed by atoms with van der Waals surface area (Å²) in [5.41, 5.74) is 1.99. The number of carbonyl (C=O) groups is 2. The summed E-state index contributed by atoms with van der Waals surface area (Å²) in [7, 11) is 0. The zero-order valence-corrected chi connectivity index (χ0v) is 12.3. The van der Waals surface area contributed by atoms with Crippen molar-refractivity contribution in [2.45, 2.75) is 19.3 Å². The van der Waals surface area contributed by atoms with Crippen LogP contribution in [0.25, 0.3) is 11.1 Å². The second-order valence-corrected chi connectivity index (χ2v) is 5.06. The number of nitro groups is 1. The van der Waals surface area contributed by atoms with Crippen molar-refractivity contribution in [2.75, 3.05) is 0 Å². The number of aliphatic carboxylic acids is 1. The number of ketones is 1. The van der Waals surface area contributed by atoms with Crippen molar-refractivity contribution in [1.82, 2.24) is 0 Å². The van der Waals surface area contributed by atoms with E-state index in [0.29, 0.717) is 17.5 Å². The fourth-order valence-corrected chi connectivity index (χ4v) is 2.19. The number of benzene rings is 2. The predicted octanol–water partition coefficient (Wildman–Crippen LogP) is 3.70. The Morgan fingerprint density at radius 1 is 1.00 bits per heavy atom. The molecule has 0 heterocycles. The SMILES string of the molecule is O=C(O)CCCC(=O)c1ccc(-c2cccc([N+](=O)[O-])c2)cc1. The summed E-state index contributed by atoms with van der Waals surface area (Å²) in [5.74, 6) is -1.03. The molecule has 2 rings (SSSR count). The first-order chi connectivity index (χ1) is 11.0. The summed E-state index contributed by atoms with van der Waals surface area (Å²) < 4.78 is 0. The molecule has 0 atom stereocenters. The molecule has 0 aliphatic rings. The van der Waals surface area contributed by atoms with Crippen LogP contribution in [0.3, 0.4) is 0 Å². The van der Waals surface area contributed by atoms with E-state index in [1.165, 1.54) is 12.1 Å². The van der Waals surface area contributed by atoms with E-state index < -0.39 is 10.9 Å². The lowest BCUT2D eigenvalue weighted by atomic mass is 10.0. The number of Topliss-reactive ketones (excluding diaryl/α,β-unsaturated/α-hetero) is 1. The molecule has 23 heavy (non-hydrogen) atoms. The van der Waals surface area contributed by atoms with Crippen LogP contribution in [-0.4, -0.2) is 21.8 Å². The quantitative estimate of drug-likeness (QED) is 0.477. The molecule has 0 unspecified atom stereocenters. The first kappa shape index (κ1) is 16.4. The maximum absolute atomic E-state index is 11.9. The molecule has 0 aromatic heterocycles. The minimum atomic E-state index is -0.918. The van der Waals surface area contributed by atoms with E-state index in [1.54, 1.807) is 36.4 Å². The molecule has 0 aliphatic heterocycles. The highest BCUT2D eigenvalue weighted by molar-refractivity contribution is 5.96. The molecule has 118 valence electrons. The number of carbonyl (C=O) groups excluding carboxylic acids is 1. The second kappa shape index (κ2) is 7.31. The van der Waals surface area contributed by atoms with Gasteiger partial charge in [0.15, 0.2) is 5.78 Å². The molecule has 0 amide bonds. The summed E-state index contributed by atoms with van der Waals surface area (Å²) in [6.07, 6.45) is 0.459. The number of carboxylic acids is 1. The van der Waals surface area contributed by atoms with Crippen LogP contribution in [0.5, 0.6) is 0 Å². The standard InChI is InChI=1S/C17H15NO5/c19-16(5-2-6-17(20)21)13-9-7-12(8-10-13)14-3-1-4-15(11-14)18(22)23/h1,3-4,7-11H,2,5-6H2,(H,20,21). The van der Waals surface area contributed by atoms with E-state index in [2.05, 4.69) is 0 Å². The van der Waals surface area contributed by atoms with Crippen molar-refractivity contribution in [2.24, 2.45) is 0 Å². The molecule has 0 saturated carbocycles. The van der Waals surface area contributed by atoms with E-state index in [-0.39, 0.29) is 24.3 Å². The Kier molecular flexibility index (Phi) is 5.19. The third kappa shape index (κ3) is 4.47. The fraction of sp³-hybridized carbons (Fsp3) is 0.176. The van der Waals surface area contributed by atoms with E-state index in [1.807, 2.05) is 0 Å². The number of hydrogen-bond donors (Lipinski definition) is 1.